The minimum absolute atomic E-state index is 0.0172. The molecular weight excluding hydrogens is 356 g/mol. The predicted molar refractivity (Wildman–Crippen MR) is 112 cm³/mol. The van der Waals surface area contributed by atoms with Gasteiger partial charge in [-0.25, -0.2) is 0 Å². The van der Waals surface area contributed by atoms with Crippen LogP contribution in [0.25, 0.3) is 0 Å². The van der Waals surface area contributed by atoms with Gasteiger partial charge in [0.25, 0.3) is 0 Å². The monoisotopic (exact) mass is 394 g/mol. The molecule has 0 aliphatic rings. The minimum Gasteiger partial charge on any atom is -0.497 e. The van der Waals surface area contributed by atoms with Gasteiger partial charge in [-0.1, -0.05) is 31.2 Å². The van der Waals surface area contributed by atoms with Crippen LogP contribution in [0.15, 0.2) is 36.4 Å². The fourth-order valence-corrected chi connectivity index (χ4v) is 3.34. The Morgan fingerprint density at radius 1 is 0.964 bits per heavy atom. The van der Waals surface area contributed by atoms with Crippen molar-refractivity contribution in [2.75, 3.05) is 20.3 Å². The first-order valence-electron chi connectivity index (χ1n) is 10.4. The largest absolute Gasteiger partial charge is 0.497 e. The zero-order valence-electron chi connectivity index (χ0n) is 17.3. The highest BCUT2D eigenvalue weighted by molar-refractivity contribution is 5.28. The van der Waals surface area contributed by atoms with Crippen molar-refractivity contribution in [3.63, 3.8) is 0 Å². The van der Waals surface area contributed by atoms with Gasteiger partial charge in [0.1, 0.15) is 5.75 Å². The van der Waals surface area contributed by atoms with E-state index in [1.165, 1.54) is 5.56 Å². The van der Waals surface area contributed by atoms with Gasteiger partial charge in [-0.05, 0) is 74.5 Å². The van der Waals surface area contributed by atoms with E-state index in [4.69, 9.17) is 9.84 Å². The fourth-order valence-electron chi connectivity index (χ4n) is 3.34. The van der Waals surface area contributed by atoms with Gasteiger partial charge in [0.2, 0.25) is 0 Å². The van der Waals surface area contributed by atoms with Crippen LogP contribution >= 0.6 is 0 Å². The van der Waals surface area contributed by atoms with Crippen molar-refractivity contribution < 1.29 is 25.2 Å². The van der Waals surface area contributed by atoms with Crippen molar-refractivity contribution in [1.82, 2.24) is 0 Å². The molecule has 0 heterocycles. The first kappa shape index (κ1) is 24.6. The SMILES string of the molecule is COc1cccc(CC/C=C/CCCC(CCC(C)C(O)CO)C(O)CO)c1. The number of methoxy groups -OCH3 is 1. The molecule has 0 amide bonds. The third-order valence-electron chi connectivity index (χ3n) is 5.41. The van der Waals surface area contributed by atoms with Crippen LogP contribution in [0, 0.1) is 11.8 Å². The highest BCUT2D eigenvalue weighted by Gasteiger charge is 2.21. The average molecular weight is 395 g/mol. The van der Waals surface area contributed by atoms with Crippen LogP contribution in [0.1, 0.15) is 51.0 Å². The second-order valence-corrected chi connectivity index (χ2v) is 7.61. The lowest BCUT2D eigenvalue weighted by atomic mass is 9.87. The maximum absolute atomic E-state index is 10.0. The smallest absolute Gasteiger partial charge is 0.119 e. The van der Waals surface area contributed by atoms with E-state index in [0.29, 0.717) is 0 Å². The third kappa shape index (κ3) is 9.69. The summed E-state index contributed by atoms with van der Waals surface area (Å²) in [6.07, 6.45) is 9.07. The second-order valence-electron chi connectivity index (χ2n) is 7.61. The summed E-state index contributed by atoms with van der Waals surface area (Å²) >= 11 is 0. The number of aliphatic hydroxyl groups excluding tert-OH is 4. The summed E-state index contributed by atoms with van der Waals surface area (Å²) in [6, 6.07) is 8.11. The van der Waals surface area contributed by atoms with Crippen molar-refractivity contribution in [2.45, 2.75) is 64.1 Å². The molecule has 160 valence electrons. The molecule has 0 aliphatic heterocycles. The Morgan fingerprint density at radius 3 is 2.36 bits per heavy atom. The van der Waals surface area contributed by atoms with E-state index >= 15 is 0 Å². The molecule has 0 aromatic heterocycles. The summed E-state index contributed by atoms with van der Waals surface area (Å²) in [6.45, 7) is 1.42. The Bertz CT molecular complexity index is 546. The molecule has 4 N–H and O–H groups in total. The van der Waals surface area contributed by atoms with Crippen molar-refractivity contribution in [3.05, 3.63) is 42.0 Å². The number of hydrogen-bond donors (Lipinski definition) is 4. The first-order valence-corrected chi connectivity index (χ1v) is 10.4. The van der Waals surface area contributed by atoms with Gasteiger partial charge in [-0.3, -0.25) is 0 Å². The van der Waals surface area contributed by atoms with Gasteiger partial charge in [0.05, 0.1) is 32.5 Å². The topological polar surface area (TPSA) is 90.2 Å². The number of hydrogen-bond acceptors (Lipinski definition) is 5. The van der Waals surface area contributed by atoms with E-state index in [2.05, 4.69) is 24.3 Å². The average Bonchev–Trinajstić information content (AvgIpc) is 2.73. The summed E-state index contributed by atoms with van der Waals surface area (Å²) in [4.78, 5) is 0. The zero-order chi connectivity index (χ0) is 20.8. The van der Waals surface area contributed by atoms with E-state index in [1.54, 1.807) is 7.11 Å². The van der Waals surface area contributed by atoms with Crippen molar-refractivity contribution >= 4 is 0 Å². The van der Waals surface area contributed by atoms with Gasteiger partial charge >= 0.3 is 0 Å². The fraction of sp³-hybridized carbons (Fsp3) is 0.652. The van der Waals surface area contributed by atoms with Crippen LogP contribution in [0.3, 0.4) is 0 Å². The quantitative estimate of drug-likeness (QED) is 0.271. The summed E-state index contributed by atoms with van der Waals surface area (Å²) in [5.41, 5.74) is 1.26. The van der Waals surface area contributed by atoms with E-state index < -0.39 is 12.2 Å². The van der Waals surface area contributed by atoms with Gasteiger partial charge < -0.3 is 25.2 Å². The van der Waals surface area contributed by atoms with Gasteiger partial charge in [-0.15, -0.1) is 0 Å². The Hall–Kier alpha value is -1.40. The van der Waals surface area contributed by atoms with Crippen LogP contribution < -0.4 is 4.74 Å². The Labute approximate surface area is 169 Å². The molecule has 0 saturated carbocycles. The molecule has 0 aliphatic carbocycles. The maximum atomic E-state index is 10.0. The molecule has 1 rings (SSSR count). The van der Waals surface area contributed by atoms with Gasteiger partial charge in [0.15, 0.2) is 0 Å². The lowest BCUT2D eigenvalue weighted by Crippen LogP contribution is -2.27. The van der Waals surface area contributed by atoms with Crippen LogP contribution in [0.5, 0.6) is 5.75 Å². The summed E-state index contributed by atoms with van der Waals surface area (Å²) in [5, 5.41) is 38.0. The Balaban J connectivity index is 2.29. The Kier molecular flexibility index (Phi) is 12.8. The Morgan fingerprint density at radius 2 is 1.68 bits per heavy atom. The molecule has 5 nitrogen and oxygen atoms in total. The van der Waals surface area contributed by atoms with E-state index in [1.807, 2.05) is 19.1 Å². The summed E-state index contributed by atoms with van der Waals surface area (Å²) < 4.78 is 5.24. The lowest BCUT2D eigenvalue weighted by Gasteiger charge is -2.24. The molecule has 1 aromatic carbocycles. The van der Waals surface area contributed by atoms with Crippen LogP contribution in [-0.2, 0) is 6.42 Å². The molecule has 4 unspecified atom stereocenters. The highest BCUT2D eigenvalue weighted by atomic mass is 16.5. The number of allylic oxidation sites excluding steroid dienone is 2. The number of rotatable bonds is 15. The molecule has 1 aromatic rings. The normalized spacial score (nSPS) is 16.1. The van der Waals surface area contributed by atoms with E-state index in [0.717, 1.165) is 50.7 Å². The van der Waals surface area contributed by atoms with E-state index in [-0.39, 0.29) is 25.0 Å². The number of ether oxygens (including phenoxy) is 1. The molecule has 28 heavy (non-hydrogen) atoms. The zero-order valence-corrected chi connectivity index (χ0v) is 17.3. The molecule has 0 bridgehead atoms. The molecule has 5 heteroatoms. The van der Waals surface area contributed by atoms with Crippen molar-refractivity contribution in [1.29, 1.82) is 0 Å². The third-order valence-corrected chi connectivity index (χ3v) is 5.41. The second kappa shape index (κ2) is 14.6. The van der Waals surface area contributed by atoms with Gasteiger partial charge in [-0.2, -0.15) is 0 Å². The summed E-state index contributed by atoms with van der Waals surface area (Å²) in [5.74, 6) is 0.884. The van der Waals surface area contributed by atoms with Crippen LogP contribution in [0.2, 0.25) is 0 Å². The minimum atomic E-state index is -0.726. The number of unbranched alkanes of at least 4 members (excludes halogenated alkanes) is 1. The van der Waals surface area contributed by atoms with E-state index in [9.17, 15) is 15.3 Å². The first-order chi connectivity index (χ1) is 13.5. The molecule has 0 radical (unpaired) electrons. The number of aryl methyl sites for hydroxylation is 1. The lowest BCUT2D eigenvalue weighted by molar-refractivity contribution is 0.0236. The summed E-state index contributed by atoms with van der Waals surface area (Å²) in [7, 11) is 1.68. The standard InChI is InChI=1S/C23H38O5/c1-18(22(26)16-24)13-14-20(23(27)17-25)11-7-5-3-4-6-9-19-10-8-12-21(15-19)28-2/h3-4,8,10,12,15,18,20,22-27H,5-7,9,11,13-14,16-17H2,1-2H3/b4-3+. The van der Waals surface area contributed by atoms with Crippen molar-refractivity contribution in [2.24, 2.45) is 11.8 Å². The molecule has 4 atom stereocenters. The van der Waals surface area contributed by atoms with Crippen molar-refractivity contribution in [3.8, 4) is 5.75 Å². The molecular formula is C23H38O5. The number of aliphatic hydroxyl groups is 4. The highest BCUT2D eigenvalue weighted by Crippen LogP contribution is 2.23. The molecule has 0 fully saturated rings. The van der Waals surface area contributed by atoms with Gasteiger partial charge in [0, 0.05) is 0 Å². The van der Waals surface area contributed by atoms with Crippen LogP contribution in [-0.4, -0.2) is 53.0 Å². The molecule has 0 spiro atoms. The number of benzene rings is 1. The molecule has 0 saturated heterocycles. The van der Waals surface area contributed by atoms with Crippen LogP contribution in [0.4, 0.5) is 0 Å². The predicted octanol–water partition coefficient (Wildman–Crippen LogP) is 3.09. The maximum Gasteiger partial charge on any atom is 0.119 e.